The number of hydrogen-bond acceptors (Lipinski definition) is 4. The standard InChI is InChI=1S/C17H16INO4/c1-11(16(20)19-14-5-3-4-13(18)10-14)23-15-8-6-12(7-9-15)17(21)22-2/h3-11H,1-2H3,(H,19,20). The summed E-state index contributed by atoms with van der Waals surface area (Å²) in [6, 6.07) is 13.9. The molecule has 120 valence electrons. The Bertz CT molecular complexity index is 700. The lowest BCUT2D eigenvalue weighted by Crippen LogP contribution is -2.30. The number of rotatable bonds is 5. The fourth-order valence-electron chi connectivity index (χ4n) is 1.86. The van der Waals surface area contributed by atoms with E-state index in [0.717, 1.165) is 9.26 Å². The van der Waals surface area contributed by atoms with Crippen molar-refractivity contribution in [1.82, 2.24) is 0 Å². The van der Waals surface area contributed by atoms with Crippen molar-refractivity contribution in [2.45, 2.75) is 13.0 Å². The maximum absolute atomic E-state index is 12.1. The fraction of sp³-hybridized carbons (Fsp3) is 0.176. The number of hydrogen-bond donors (Lipinski definition) is 1. The highest BCUT2D eigenvalue weighted by Crippen LogP contribution is 2.16. The van der Waals surface area contributed by atoms with Crippen molar-refractivity contribution < 1.29 is 19.1 Å². The molecule has 0 saturated heterocycles. The highest BCUT2D eigenvalue weighted by Gasteiger charge is 2.15. The molecule has 0 aliphatic rings. The molecule has 0 spiro atoms. The van der Waals surface area contributed by atoms with Gasteiger partial charge < -0.3 is 14.8 Å². The van der Waals surface area contributed by atoms with E-state index in [0.29, 0.717) is 11.3 Å². The van der Waals surface area contributed by atoms with E-state index in [1.165, 1.54) is 7.11 Å². The lowest BCUT2D eigenvalue weighted by atomic mass is 10.2. The van der Waals surface area contributed by atoms with Crippen LogP contribution in [0.1, 0.15) is 17.3 Å². The van der Waals surface area contributed by atoms with Crippen LogP contribution < -0.4 is 10.1 Å². The highest BCUT2D eigenvalue weighted by molar-refractivity contribution is 14.1. The maximum Gasteiger partial charge on any atom is 0.337 e. The van der Waals surface area contributed by atoms with Gasteiger partial charge in [0.1, 0.15) is 5.75 Å². The van der Waals surface area contributed by atoms with Gasteiger partial charge in [0.25, 0.3) is 5.91 Å². The topological polar surface area (TPSA) is 64.6 Å². The molecular weight excluding hydrogens is 409 g/mol. The molecule has 0 aliphatic carbocycles. The van der Waals surface area contributed by atoms with Gasteiger partial charge in [-0.1, -0.05) is 6.07 Å². The van der Waals surface area contributed by atoms with Crippen LogP contribution in [0.4, 0.5) is 5.69 Å². The van der Waals surface area contributed by atoms with Crippen LogP contribution in [-0.2, 0) is 9.53 Å². The quantitative estimate of drug-likeness (QED) is 0.589. The summed E-state index contributed by atoms with van der Waals surface area (Å²) in [7, 11) is 1.32. The van der Waals surface area contributed by atoms with E-state index in [9.17, 15) is 9.59 Å². The SMILES string of the molecule is COC(=O)c1ccc(OC(C)C(=O)Nc2cccc(I)c2)cc1. The summed E-state index contributed by atoms with van der Waals surface area (Å²) in [6.45, 7) is 1.66. The summed E-state index contributed by atoms with van der Waals surface area (Å²) in [6.07, 6.45) is -0.670. The van der Waals surface area contributed by atoms with Gasteiger partial charge in [0, 0.05) is 9.26 Å². The van der Waals surface area contributed by atoms with Gasteiger partial charge in [-0.15, -0.1) is 0 Å². The number of anilines is 1. The van der Waals surface area contributed by atoms with Gasteiger partial charge in [-0.2, -0.15) is 0 Å². The first kappa shape index (κ1) is 17.3. The van der Waals surface area contributed by atoms with Crippen molar-refractivity contribution in [3.63, 3.8) is 0 Å². The summed E-state index contributed by atoms with van der Waals surface area (Å²) < 4.78 is 11.2. The summed E-state index contributed by atoms with van der Waals surface area (Å²) in [5.41, 5.74) is 1.15. The van der Waals surface area contributed by atoms with Crippen LogP contribution >= 0.6 is 22.6 Å². The van der Waals surface area contributed by atoms with Crippen molar-refractivity contribution in [3.8, 4) is 5.75 Å². The van der Waals surface area contributed by atoms with Crippen LogP contribution in [0.25, 0.3) is 0 Å². The molecule has 0 radical (unpaired) electrons. The molecule has 1 amide bonds. The Morgan fingerprint density at radius 1 is 1.13 bits per heavy atom. The van der Waals surface area contributed by atoms with Gasteiger partial charge in [-0.05, 0) is 72.0 Å². The molecule has 1 N–H and O–H groups in total. The molecule has 0 aliphatic heterocycles. The predicted octanol–water partition coefficient (Wildman–Crippen LogP) is 3.48. The minimum atomic E-state index is -0.670. The van der Waals surface area contributed by atoms with Gasteiger partial charge >= 0.3 is 5.97 Å². The molecule has 6 heteroatoms. The normalized spacial score (nSPS) is 11.4. The number of benzene rings is 2. The molecule has 0 fully saturated rings. The molecule has 1 atom stereocenters. The second kappa shape index (κ2) is 7.96. The van der Waals surface area contributed by atoms with Gasteiger partial charge in [-0.3, -0.25) is 4.79 Å². The zero-order chi connectivity index (χ0) is 16.8. The number of amides is 1. The third-order valence-corrected chi connectivity index (χ3v) is 3.72. The third kappa shape index (κ3) is 4.95. The van der Waals surface area contributed by atoms with E-state index < -0.39 is 12.1 Å². The highest BCUT2D eigenvalue weighted by atomic mass is 127. The summed E-state index contributed by atoms with van der Waals surface area (Å²) >= 11 is 2.18. The number of carbonyl (C=O) groups excluding carboxylic acids is 2. The molecule has 2 aromatic carbocycles. The lowest BCUT2D eigenvalue weighted by molar-refractivity contribution is -0.122. The molecule has 0 aromatic heterocycles. The van der Waals surface area contributed by atoms with E-state index in [2.05, 4.69) is 32.6 Å². The molecule has 0 saturated carbocycles. The number of halogens is 1. The Hall–Kier alpha value is -2.09. The van der Waals surface area contributed by atoms with E-state index >= 15 is 0 Å². The first-order valence-electron chi connectivity index (χ1n) is 6.91. The average molecular weight is 425 g/mol. The minimum Gasteiger partial charge on any atom is -0.481 e. The second-order valence-corrected chi connectivity index (χ2v) is 6.02. The lowest BCUT2D eigenvalue weighted by Gasteiger charge is -2.15. The Balaban J connectivity index is 1.96. The summed E-state index contributed by atoms with van der Waals surface area (Å²) in [5, 5.41) is 2.80. The van der Waals surface area contributed by atoms with Crippen LogP contribution in [0.5, 0.6) is 5.75 Å². The molecule has 0 bridgehead atoms. The van der Waals surface area contributed by atoms with Gasteiger partial charge in [0.15, 0.2) is 6.10 Å². The Morgan fingerprint density at radius 2 is 1.83 bits per heavy atom. The molecule has 2 rings (SSSR count). The number of carbonyl (C=O) groups is 2. The van der Waals surface area contributed by atoms with Crippen LogP contribution in [0.15, 0.2) is 48.5 Å². The molecule has 2 aromatic rings. The van der Waals surface area contributed by atoms with E-state index in [-0.39, 0.29) is 5.91 Å². The van der Waals surface area contributed by atoms with E-state index in [4.69, 9.17) is 4.74 Å². The number of nitrogens with one attached hydrogen (secondary N) is 1. The predicted molar refractivity (Wildman–Crippen MR) is 95.7 cm³/mol. The van der Waals surface area contributed by atoms with E-state index in [1.54, 1.807) is 31.2 Å². The third-order valence-electron chi connectivity index (χ3n) is 3.05. The first-order valence-corrected chi connectivity index (χ1v) is 7.99. The molecule has 1 unspecified atom stereocenters. The Morgan fingerprint density at radius 3 is 2.43 bits per heavy atom. The molecule has 0 heterocycles. The van der Waals surface area contributed by atoms with Crippen molar-refractivity contribution >= 4 is 40.2 Å². The monoisotopic (exact) mass is 425 g/mol. The molecule has 23 heavy (non-hydrogen) atoms. The van der Waals surface area contributed by atoms with Crippen molar-refractivity contribution in [3.05, 3.63) is 57.7 Å². The summed E-state index contributed by atoms with van der Waals surface area (Å²) in [5.74, 6) is -0.159. The molecule has 5 nitrogen and oxygen atoms in total. The largest absolute Gasteiger partial charge is 0.481 e. The van der Waals surface area contributed by atoms with Crippen LogP contribution in [0.3, 0.4) is 0 Å². The summed E-state index contributed by atoms with van der Waals surface area (Å²) in [4.78, 5) is 23.5. The van der Waals surface area contributed by atoms with Crippen molar-refractivity contribution in [1.29, 1.82) is 0 Å². The maximum atomic E-state index is 12.1. The fourth-order valence-corrected chi connectivity index (χ4v) is 2.40. The zero-order valence-corrected chi connectivity index (χ0v) is 14.9. The van der Waals surface area contributed by atoms with Crippen molar-refractivity contribution in [2.75, 3.05) is 12.4 Å². The number of ether oxygens (including phenoxy) is 2. The van der Waals surface area contributed by atoms with Crippen LogP contribution in [0.2, 0.25) is 0 Å². The zero-order valence-electron chi connectivity index (χ0n) is 12.7. The average Bonchev–Trinajstić information content (AvgIpc) is 2.54. The number of methoxy groups -OCH3 is 1. The first-order chi connectivity index (χ1) is 11.0. The minimum absolute atomic E-state index is 0.246. The van der Waals surface area contributed by atoms with Crippen molar-refractivity contribution in [2.24, 2.45) is 0 Å². The van der Waals surface area contributed by atoms with Gasteiger partial charge in [0.05, 0.1) is 12.7 Å². The Kier molecular flexibility index (Phi) is 5.97. The second-order valence-electron chi connectivity index (χ2n) is 4.78. The van der Waals surface area contributed by atoms with Gasteiger partial charge in [-0.25, -0.2) is 4.79 Å². The van der Waals surface area contributed by atoms with E-state index in [1.807, 2.05) is 24.3 Å². The Labute approximate surface area is 148 Å². The number of esters is 1. The molecular formula is C17H16INO4. The van der Waals surface area contributed by atoms with Gasteiger partial charge in [0.2, 0.25) is 0 Å². The van der Waals surface area contributed by atoms with Crippen LogP contribution in [0, 0.1) is 3.57 Å². The van der Waals surface area contributed by atoms with Crippen LogP contribution in [-0.4, -0.2) is 25.1 Å². The smallest absolute Gasteiger partial charge is 0.337 e.